The molecule has 23 heavy (non-hydrogen) atoms. The molecule has 7 nitrogen and oxygen atoms in total. The predicted molar refractivity (Wildman–Crippen MR) is 84.9 cm³/mol. The fourth-order valence-corrected chi connectivity index (χ4v) is 2.35. The van der Waals surface area contributed by atoms with Crippen LogP contribution in [0, 0.1) is 0 Å². The minimum Gasteiger partial charge on any atom is -0.431 e. The van der Waals surface area contributed by atoms with Crippen LogP contribution in [0.5, 0.6) is 0 Å². The molecule has 0 bridgehead atoms. The van der Waals surface area contributed by atoms with Crippen molar-refractivity contribution in [1.82, 2.24) is 9.88 Å². The molecule has 1 fully saturated rings. The minimum absolute atomic E-state index is 0.0881. The topological polar surface area (TPSA) is 94.8 Å². The van der Waals surface area contributed by atoms with Crippen LogP contribution in [0.2, 0.25) is 0 Å². The Balaban J connectivity index is 1.84. The third-order valence-electron chi connectivity index (χ3n) is 3.41. The van der Waals surface area contributed by atoms with Gasteiger partial charge >= 0.3 is 6.16 Å². The second-order valence-electron chi connectivity index (χ2n) is 6.54. The lowest BCUT2D eigenvalue weighted by Crippen LogP contribution is -2.42. The molecule has 0 unspecified atom stereocenters. The zero-order valence-electron chi connectivity index (χ0n) is 13.7. The summed E-state index contributed by atoms with van der Waals surface area (Å²) in [6.45, 7) is 6.41. The summed E-state index contributed by atoms with van der Waals surface area (Å²) in [5, 5.41) is 0. The van der Waals surface area contributed by atoms with Gasteiger partial charge < -0.3 is 20.1 Å². The maximum atomic E-state index is 12.4. The number of amides is 1. The van der Waals surface area contributed by atoms with Crippen molar-refractivity contribution in [2.45, 2.75) is 45.3 Å². The van der Waals surface area contributed by atoms with Crippen molar-refractivity contribution < 1.29 is 19.1 Å². The molecule has 1 saturated heterocycles. The van der Waals surface area contributed by atoms with Gasteiger partial charge in [-0.2, -0.15) is 0 Å². The lowest BCUT2D eigenvalue weighted by molar-refractivity contribution is -0.0375. The van der Waals surface area contributed by atoms with Crippen LogP contribution in [0.25, 0.3) is 0 Å². The Morgan fingerprint density at radius 1 is 1.30 bits per heavy atom. The second-order valence-corrected chi connectivity index (χ2v) is 6.54. The van der Waals surface area contributed by atoms with Crippen LogP contribution in [0.1, 0.15) is 44.0 Å². The number of aromatic nitrogens is 1. The van der Waals surface area contributed by atoms with Gasteiger partial charge in [0.1, 0.15) is 17.5 Å². The zero-order chi connectivity index (χ0) is 17.0. The van der Waals surface area contributed by atoms with Gasteiger partial charge in [-0.1, -0.05) is 0 Å². The molecule has 1 aliphatic heterocycles. The van der Waals surface area contributed by atoms with E-state index in [1.807, 2.05) is 0 Å². The number of likely N-dealkylation sites (tertiary alicyclic amines) is 1. The smallest absolute Gasteiger partial charge is 0.431 e. The highest BCUT2D eigenvalue weighted by atomic mass is 16.7. The van der Waals surface area contributed by atoms with Crippen molar-refractivity contribution in [2.24, 2.45) is 0 Å². The number of nitrogens with zero attached hydrogens (tertiary/aromatic N) is 2. The van der Waals surface area contributed by atoms with Crippen molar-refractivity contribution in [3.8, 4) is 0 Å². The minimum atomic E-state index is -0.663. The van der Waals surface area contributed by atoms with Gasteiger partial charge in [0.2, 0.25) is 0 Å². The monoisotopic (exact) mass is 321 g/mol. The summed E-state index contributed by atoms with van der Waals surface area (Å²) in [5.74, 6) is 0.230. The molecule has 0 atom stereocenters. The summed E-state index contributed by atoms with van der Waals surface area (Å²) < 4.78 is 10.4. The van der Waals surface area contributed by atoms with Gasteiger partial charge in [-0.15, -0.1) is 0 Å². The van der Waals surface area contributed by atoms with E-state index < -0.39 is 11.8 Å². The Labute approximate surface area is 135 Å². The van der Waals surface area contributed by atoms with E-state index in [4.69, 9.17) is 15.2 Å². The number of carbonyl (C=O) groups excluding carboxylic acids is 2. The SMILES string of the molecule is CC(C)(C)OC(=O)OC1CCN(C(=O)c2ccnc(N)c2)CC1. The number of ether oxygens (including phenoxy) is 2. The van der Waals surface area contributed by atoms with Gasteiger partial charge in [0.25, 0.3) is 5.91 Å². The summed E-state index contributed by atoms with van der Waals surface area (Å²) >= 11 is 0. The molecule has 0 spiro atoms. The first-order valence-electron chi connectivity index (χ1n) is 7.65. The molecular formula is C16H23N3O4. The molecule has 1 aliphatic rings. The van der Waals surface area contributed by atoms with Gasteiger partial charge in [-0.25, -0.2) is 9.78 Å². The van der Waals surface area contributed by atoms with E-state index >= 15 is 0 Å². The number of nitrogens with two attached hydrogens (primary N) is 1. The van der Waals surface area contributed by atoms with Crippen LogP contribution in [0.15, 0.2) is 18.3 Å². The average Bonchev–Trinajstić information content (AvgIpc) is 2.45. The highest BCUT2D eigenvalue weighted by molar-refractivity contribution is 5.94. The maximum absolute atomic E-state index is 12.4. The van der Waals surface area contributed by atoms with Crippen LogP contribution >= 0.6 is 0 Å². The normalized spacial score (nSPS) is 16.0. The maximum Gasteiger partial charge on any atom is 0.509 e. The molecule has 2 rings (SSSR count). The van der Waals surface area contributed by atoms with Crippen molar-refractivity contribution in [3.63, 3.8) is 0 Å². The number of hydrogen-bond acceptors (Lipinski definition) is 6. The fraction of sp³-hybridized carbons (Fsp3) is 0.562. The number of pyridine rings is 1. The number of rotatable bonds is 2. The third kappa shape index (κ3) is 5.12. The lowest BCUT2D eigenvalue weighted by Gasteiger charge is -2.32. The van der Waals surface area contributed by atoms with Crippen molar-refractivity contribution in [3.05, 3.63) is 23.9 Å². The molecular weight excluding hydrogens is 298 g/mol. The van der Waals surface area contributed by atoms with E-state index in [2.05, 4.69) is 4.98 Å². The third-order valence-corrected chi connectivity index (χ3v) is 3.41. The standard InChI is InChI=1S/C16H23N3O4/c1-16(2,3)23-15(21)22-12-5-8-19(9-6-12)14(20)11-4-7-18-13(17)10-11/h4,7,10,12H,5-6,8-9H2,1-3H3,(H2,17,18). The van der Waals surface area contributed by atoms with Crippen molar-refractivity contribution in [2.75, 3.05) is 18.8 Å². The molecule has 1 aromatic heterocycles. The Bertz CT molecular complexity index is 575. The lowest BCUT2D eigenvalue weighted by atomic mass is 10.1. The summed E-state index contributed by atoms with van der Waals surface area (Å²) in [4.78, 5) is 29.6. The van der Waals surface area contributed by atoms with Crippen LogP contribution < -0.4 is 5.73 Å². The van der Waals surface area contributed by atoms with Gasteiger partial charge in [0, 0.05) is 37.7 Å². The molecule has 7 heteroatoms. The summed E-state index contributed by atoms with van der Waals surface area (Å²) in [6, 6.07) is 3.20. The van der Waals surface area contributed by atoms with Gasteiger partial charge in [0.05, 0.1) is 0 Å². The summed E-state index contributed by atoms with van der Waals surface area (Å²) in [6.07, 6.45) is 1.80. The Morgan fingerprint density at radius 2 is 1.96 bits per heavy atom. The number of piperidine rings is 1. The first-order chi connectivity index (χ1) is 10.7. The molecule has 2 N–H and O–H groups in total. The van der Waals surface area contributed by atoms with E-state index in [-0.39, 0.29) is 12.0 Å². The Kier molecular flexibility index (Phi) is 5.08. The number of anilines is 1. The van der Waals surface area contributed by atoms with Crippen LogP contribution in [-0.4, -0.2) is 46.7 Å². The zero-order valence-corrected chi connectivity index (χ0v) is 13.7. The summed E-state index contributed by atoms with van der Waals surface area (Å²) in [7, 11) is 0. The van der Waals surface area contributed by atoms with Crippen LogP contribution in [0.3, 0.4) is 0 Å². The molecule has 1 aromatic rings. The molecule has 126 valence electrons. The van der Waals surface area contributed by atoms with Crippen molar-refractivity contribution >= 4 is 17.9 Å². The highest BCUT2D eigenvalue weighted by Crippen LogP contribution is 2.18. The Hall–Kier alpha value is -2.31. The second kappa shape index (κ2) is 6.85. The molecule has 0 aliphatic carbocycles. The fourth-order valence-electron chi connectivity index (χ4n) is 2.35. The van der Waals surface area contributed by atoms with Gasteiger partial charge in [-0.05, 0) is 32.9 Å². The largest absolute Gasteiger partial charge is 0.509 e. The van der Waals surface area contributed by atoms with Crippen LogP contribution in [-0.2, 0) is 9.47 Å². The predicted octanol–water partition coefficient (Wildman–Crippen LogP) is 2.22. The van der Waals surface area contributed by atoms with E-state index in [0.29, 0.717) is 37.3 Å². The molecule has 0 radical (unpaired) electrons. The first-order valence-corrected chi connectivity index (χ1v) is 7.65. The van der Waals surface area contributed by atoms with E-state index in [1.54, 1.807) is 37.8 Å². The highest BCUT2D eigenvalue weighted by Gasteiger charge is 2.27. The molecule has 1 amide bonds. The van der Waals surface area contributed by atoms with E-state index in [9.17, 15) is 9.59 Å². The number of hydrogen-bond donors (Lipinski definition) is 1. The molecule has 2 heterocycles. The van der Waals surface area contributed by atoms with Crippen LogP contribution in [0.4, 0.5) is 10.6 Å². The quantitative estimate of drug-likeness (QED) is 0.839. The molecule has 0 saturated carbocycles. The van der Waals surface area contributed by atoms with Gasteiger partial charge in [-0.3, -0.25) is 4.79 Å². The van der Waals surface area contributed by atoms with Gasteiger partial charge in [0.15, 0.2) is 0 Å². The molecule has 0 aromatic carbocycles. The average molecular weight is 321 g/mol. The van der Waals surface area contributed by atoms with E-state index in [0.717, 1.165) is 0 Å². The van der Waals surface area contributed by atoms with E-state index in [1.165, 1.54) is 6.20 Å². The first kappa shape index (κ1) is 17.1. The van der Waals surface area contributed by atoms with Crippen molar-refractivity contribution in [1.29, 1.82) is 0 Å². The Morgan fingerprint density at radius 3 is 2.52 bits per heavy atom. The summed E-state index contributed by atoms with van der Waals surface area (Å²) in [5.41, 5.74) is 5.54. The number of carbonyl (C=O) groups is 2. The number of nitrogen functional groups attached to an aromatic ring is 1.